The van der Waals surface area contributed by atoms with Gasteiger partial charge in [-0.3, -0.25) is 5.32 Å². The Labute approximate surface area is 88.1 Å². The number of nitrogens with one attached hydrogen (secondary N) is 1. The molecule has 0 bridgehead atoms. The van der Waals surface area contributed by atoms with Gasteiger partial charge in [0.2, 0.25) is 0 Å². The number of carbonyl (C=O) groups is 2. The Hall–Kier alpha value is -1.56. The van der Waals surface area contributed by atoms with Gasteiger partial charge in [-0.05, 0) is 24.3 Å². The number of carboxylic acids is 1. The summed E-state index contributed by atoms with van der Waals surface area (Å²) in [6, 6.07) is 5.69. The maximum absolute atomic E-state index is 10.7. The normalized spacial score (nSPS) is 9.21. The van der Waals surface area contributed by atoms with Gasteiger partial charge >= 0.3 is 12.1 Å². The lowest BCUT2D eigenvalue weighted by Gasteiger charge is -2.01. The molecule has 0 aromatic heterocycles. The van der Waals surface area contributed by atoms with Crippen LogP contribution in [0.1, 0.15) is 10.4 Å². The topological polar surface area (TPSA) is 75.6 Å². The number of anilines is 1. The number of hydrogen-bond acceptors (Lipinski definition) is 3. The molecule has 1 rings (SSSR count). The standard InChI is InChI=1S/C8H6BrNO4/c9-14-8(13)10-6-3-1-5(2-4-6)7(11)12/h1-4H,(H,10,13)(H,11,12). The van der Waals surface area contributed by atoms with E-state index in [9.17, 15) is 9.59 Å². The van der Waals surface area contributed by atoms with Gasteiger partial charge in [-0.15, -0.1) is 0 Å². The van der Waals surface area contributed by atoms with Crippen molar-refractivity contribution in [2.75, 3.05) is 5.32 Å². The molecular weight excluding hydrogens is 254 g/mol. The van der Waals surface area contributed by atoms with Crippen molar-refractivity contribution in [2.45, 2.75) is 0 Å². The minimum Gasteiger partial charge on any atom is -0.478 e. The Bertz CT molecular complexity index is 349. The molecule has 0 aliphatic rings. The van der Waals surface area contributed by atoms with E-state index in [1.54, 1.807) is 0 Å². The smallest absolute Gasteiger partial charge is 0.423 e. The zero-order valence-corrected chi connectivity index (χ0v) is 8.45. The average Bonchev–Trinajstić information content (AvgIpc) is 2.18. The molecule has 0 saturated heterocycles. The Morgan fingerprint density at radius 3 is 2.29 bits per heavy atom. The first kappa shape index (κ1) is 10.5. The zero-order valence-electron chi connectivity index (χ0n) is 6.86. The van der Waals surface area contributed by atoms with Crippen molar-refractivity contribution in [1.82, 2.24) is 0 Å². The summed E-state index contributed by atoms with van der Waals surface area (Å²) in [5.41, 5.74) is 0.613. The van der Waals surface area contributed by atoms with Gasteiger partial charge in [-0.1, -0.05) is 0 Å². The molecule has 0 radical (unpaired) electrons. The summed E-state index contributed by atoms with van der Waals surface area (Å²) >= 11 is 2.50. The highest BCUT2D eigenvalue weighted by molar-refractivity contribution is 9.06. The van der Waals surface area contributed by atoms with Crippen LogP contribution in [0.3, 0.4) is 0 Å². The molecule has 0 heterocycles. The number of carboxylic acid groups (broad SMARTS) is 1. The van der Waals surface area contributed by atoms with Gasteiger partial charge in [0.05, 0.1) is 5.56 Å². The van der Waals surface area contributed by atoms with Gasteiger partial charge in [0.1, 0.15) is 0 Å². The minimum atomic E-state index is -1.01. The van der Waals surface area contributed by atoms with Gasteiger partial charge < -0.3 is 8.93 Å². The van der Waals surface area contributed by atoms with Gasteiger partial charge in [-0.25, -0.2) is 9.59 Å². The van der Waals surface area contributed by atoms with Crippen LogP contribution in [0.5, 0.6) is 0 Å². The van der Waals surface area contributed by atoms with E-state index >= 15 is 0 Å². The monoisotopic (exact) mass is 259 g/mol. The van der Waals surface area contributed by atoms with Crippen LogP contribution in [0.15, 0.2) is 24.3 Å². The summed E-state index contributed by atoms with van der Waals surface area (Å²) in [6.07, 6.45) is -0.673. The molecule has 6 heteroatoms. The fraction of sp³-hybridized carbons (Fsp3) is 0. The molecule has 0 spiro atoms. The van der Waals surface area contributed by atoms with E-state index in [1.165, 1.54) is 24.3 Å². The van der Waals surface area contributed by atoms with Crippen molar-refractivity contribution in [3.05, 3.63) is 29.8 Å². The first-order chi connectivity index (χ1) is 6.63. The van der Waals surface area contributed by atoms with Gasteiger partial charge in [0.25, 0.3) is 0 Å². The molecule has 2 N–H and O–H groups in total. The number of benzene rings is 1. The molecule has 1 aromatic rings. The van der Waals surface area contributed by atoms with Crippen molar-refractivity contribution in [3.8, 4) is 0 Å². The van der Waals surface area contributed by atoms with Crippen LogP contribution in [0.2, 0.25) is 0 Å². The Morgan fingerprint density at radius 1 is 1.29 bits per heavy atom. The lowest BCUT2D eigenvalue weighted by atomic mass is 10.2. The van der Waals surface area contributed by atoms with E-state index in [0.29, 0.717) is 5.69 Å². The summed E-state index contributed by atoms with van der Waals surface area (Å²) in [7, 11) is 0. The van der Waals surface area contributed by atoms with Crippen LogP contribution >= 0.6 is 16.3 Å². The number of carbonyl (C=O) groups excluding carboxylic acids is 1. The summed E-state index contributed by atoms with van der Waals surface area (Å²) in [5.74, 6) is -1.01. The van der Waals surface area contributed by atoms with Crippen molar-refractivity contribution in [3.63, 3.8) is 0 Å². The molecule has 1 aromatic carbocycles. The van der Waals surface area contributed by atoms with E-state index in [1.807, 2.05) is 0 Å². The second kappa shape index (κ2) is 4.61. The van der Waals surface area contributed by atoms with E-state index in [0.717, 1.165) is 0 Å². The maximum Gasteiger partial charge on any atom is 0.423 e. The van der Waals surface area contributed by atoms with Crippen LogP contribution < -0.4 is 5.32 Å². The highest BCUT2D eigenvalue weighted by Gasteiger charge is 2.04. The fourth-order valence-corrected chi connectivity index (χ4v) is 0.914. The first-order valence-corrected chi connectivity index (χ1v) is 4.21. The average molecular weight is 260 g/mol. The van der Waals surface area contributed by atoms with E-state index in [4.69, 9.17) is 5.11 Å². The van der Waals surface area contributed by atoms with E-state index < -0.39 is 12.1 Å². The summed E-state index contributed by atoms with van der Waals surface area (Å²) < 4.78 is 4.18. The Balaban J connectivity index is 2.73. The number of aromatic carboxylic acids is 1. The van der Waals surface area contributed by atoms with Crippen molar-refractivity contribution < 1.29 is 18.5 Å². The van der Waals surface area contributed by atoms with Crippen LogP contribution in [0, 0.1) is 0 Å². The molecule has 14 heavy (non-hydrogen) atoms. The third kappa shape index (κ3) is 2.74. The SMILES string of the molecule is O=C(Nc1ccc(C(=O)O)cc1)OBr. The molecular formula is C8H6BrNO4. The van der Waals surface area contributed by atoms with Crippen molar-refractivity contribution in [1.29, 1.82) is 0 Å². The second-order valence-electron chi connectivity index (χ2n) is 2.37. The number of amides is 1. The third-order valence-electron chi connectivity index (χ3n) is 1.45. The summed E-state index contributed by atoms with van der Waals surface area (Å²) in [4.78, 5) is 21.2. The lowest BCUT2D eigenvalue weighted by molar-refractivity contribution is 0.0697. The van der Waals surface area contributed by atoms with Crippen LogP contribution in [-0.2, 0) is 3.83 Å². The summed E-state index contributed by atoms with van der Waals surface area (Å²) in [6.45, 7) is 0. The summed E-state index contributed by atoms with van der Waals surface area (Å²) in [5, 5.41) is 10.9. The van der Waals surface area contributed by atoms with E-state index in [-0.39, 0.29) is 5.56 Å². The second-order valence-corrected chi connectivity index (χ2v) is 2.70. The Kier molecular flexibility index (Phi) is 3.47. The maximum atomic E-state index is 10.7. The molecule has 0 atom stereocenters. The number of hydrogen-bond donors (Lipinski definition) is 2. The van der Waals surface area contributed by atoms with Crippen LogP contribution in [0.4, 0.5) is 10.5 Å². The number of rotatable bonds is 2. The highest BCUT2D eigenvalue weighted by atomic mass is 79.9. The molecule has 1 amide bonds. The third-order valence-corrected chi connectivity index (χ3v) is 1.74. The van der Waals surface area contributed by atoms with Gasteiger partial charge in [0, 0.05) is 5.69 Å². The predicted octanol–water partition coefficient (Wildman–Crippen LogP) is 2.24. The molecule has 0 fully saturated rings. The zero-order chi connectivity index (χ0) is 10.6. The molecule has 0 unspecified atom stereocenters. The van der Waals surface area contributed by atoms with Crippen molar-refractivity contribution in [2.24, 2.45) is 0 Å². The number of halogens is 1. The molecule has 0 aliphatic carbocycles. The largest absolute Gasteiger partial charge is 0.478 e. The predicted molar refractivity (Wildman–Crippen MR) is 52.4 cm³/mol. The quantitative estimate of drug-likeness (QED) is 0.854. The Morgan fingerprint density at radius 2 is 1.86 bits per heavy atom. The van der Waals surface area contributed by atoms with E-state index in [2.05, 4.69) is 25.4 Å². The molecule has 5 nitrogen and oxygen atoms in total. The van der Waals surface area contributed by atoms with Gasteiger partial charge in [0.15, 0.2) is 16.3 Å². The van der Waals surface area contributed by atoms with Crippen molar-refractivity contribution >= 4 is 34.0 Å². The highest BCUT2D eigenvalue weighted by Crippen LogP contribution is 2.10. The molecule has 0 aliphatic heterocycles. The minimum absolute atomic E-state index is 0.155. The fourth-order valence-electron chi connectivity index (χ4n) is 0.833. The van der Waals surface area contributed by atoms with Crippen LogP contribution in [0.25, 0.3) is 0 Å². The van der Waals surface area contributed by atoms with Gasteiger partial charge in [-0.2, -0.15) is 0 Å². The molecule has 74 valence electrons. The molecule has 0 saturated carbocycles. The first-order valence-electron chi connectivity index (χ1n) is 3.56. The lowest BCUT2D eigenvalue weighted by Crippen LogP contribution is -2.08. The van der Waals surface area contributed by atoms with Crippen LogP contribution in [-0.4, -0.2) is 17.2 Å².